The summed E-state index contributed by atoms with van der Waals surface area (Å²) in [5, 5.41) is 12.0. The van der Waals surface area contributed by atoms with E-state index in [1.807, 2.05) is 44.2 Å². The predicted molar refractivity (Wildman–Crippen MR) is 99.2 cm³/mol. The van der Waals surface area contributed by atoms with Crippen molar-refractivity contribution in [2.45, 2.75) is 13.8 Å². The molecular weight excluding hydrogens is 344 g/mol. The van der Waals surface area contributed by atoms with Crippen LogP contribution in [-0.2, 0) is 9.59 Å². The number of carbonyl (C=O) groups excluding carboxylic acids is 2. The first kappa shape index (κ1) is 18.4. The Balaban J connectivity index is 1.79. The second-order valence-corrected chi connectivity index (χ2v) is 6.85. The molecule has 0 fully saturated rings. The van der Waals surface area contributed by atoms with Crippen molar-refractivity contribution in [2.75, 3.05) is 29.9 Å². The average Bonchev–Trinajstić information content (AvgIpc) is 3.05. The molecule has 1 N–H and O–H groups in total. The quantitative estimate of drug-likeness (QED) is 0.779. The molecule has 0 saturated heterocycles. The smallest absolute Gasteiger partial charge is 0.236 e. The van der Waals surface area contributed by atoms with Gasteiger partial charge in [-0.3, -0.25) is 14.9 Å². The van der Waals surface area contributed by atoms with E-state index in [9.17, 15) is 9.59 Å². The van der Waals surface area contributed by atoms with Gasteiger partial charge in [0.1, 0.15) is 5.01 Å². The van der Waals surface area contributed by atoms with Crippen molar-refractivity contribution in [2.24, 2.45) is 0 Å². The van der Waals surface area contributed by atoms with Gasteiger partial charge in [0.2, 0.25) is 16.9 Å². The molecule has 0 bridgehead atoms. The van der Waals surface area contributed by atoms with E-state index in [2.05, 4.69) is 15.5 Å². The standard InChI is InChI=1S/C16H20N4O2S2/c1-3-20(4-2)14(22)11-23-10-13(21)17-16-19-18-15(24-16)12-8-6-5-7-9-12/h5-9H,3-4,10-11H2,1-2H3,(H,17,19,21). The molecule has 0 atom stereocenters. The van der Waals surface area contributed by atoms with Crippen LogP contribution < -0.4 is 5.32 Å². The average molecular weight is 364 g/mol. The van der Waals surface area contributed by atoms with Gasteiger partial charge in [-0.05, 0) is 13.8 Å². The van der Waals surface area contributed by atoms with Gasteiger partial charge < -0.3 is 4.90 Å². The van der Waals surface area contributed by atoms with E-state index < -0.39 is 0 Å². The Morgan fingerprint density at radius 2 is 1.83 bits per heavy atom. The van der Waals surface area contributed by atoms with Gasteiger partial charge >= 0.3 is 0 Å². The zero-order chi connectivity index (χ0) is 17.4. The van der Waals surface area contributed by atoms with Gasteiger partial charge in [-0.1, -0.05) is 41.7 Å². The first-order chi connectivity index (χ1) is 11.6. The van der Waals surface area contributed by atoms with E-state index in [1.165, 1.54) is 23.1 Å². The monoisotopic (exact) mass is 364 g/mol. The molecule has 0 spiro atoms. The lowest BCUT2D eigenvalue weighted by Gasteiger charge is -2.17. The summed E-state index contributed by atoms with van der Waals surface area (Å²) < 4.78 is 0. The molecule has 8 heteroatoms. The molecule has 0 saturated carbocycles. The van der Waals surface area contributed by atoms with E-state index in [0.717, 1.165) is 10.6 Å². The van der Waals surface area contributed by atoms with Gasteiger partial charge in [0.05, 0.1) is 11.5 Å². The molecule has 0 unspecified atom stereocenters. The van der Waals surface area contributed by atoms with Gasteiger partial charge in [0.15, 0.2) is 0 Å². The predicted octanol–water partition coefficient (Wildman–Crippen LogP) is 2.75. The number of aromatic nitrogens is 2. The Morgan fingerprint density at radius 3 is 2.50 bits per heavy atom. The molecule has 2 rings (SSSR count). The zero-order valence-corrected chi connectivity index (χ0v) is 15.3. The van der Waals surface area contributed by atoms with Crippen molar-refractivity contribution in [3.05, 3.63) is 30.3 Å². The molecule has 0 aliphatic carbocycles. The molecule has 1 aromatic heterocycles. The molecule has 24 heavy (non-hydrogen) atoms. The van der Waals surface area contributed by atoms with Crippen molar-refractivity contribution in [3.8, 4) is 10.6 Å². The zero-order valence-electron chi connectivity index (χ0n) is 13.7. The molecule has 0 aliphatic rings. The molecule has 1 heterocycles. The molecule has 2 aromatic rings. The maximum atomic E-state index is 11.9. The van der Waals surface area contributed by atoms with E-state index in [4.69, 9.17) is 0 Å². The molecule has 2 amide bonds. The number of rotatable bonds is 8. The molecule has 1 aromatic carbocycles. The van der Waals surface area contributed by atoms with Crippen LogP contribution in [0.15, 0.2) is 30.3 Å². The van der Waals surface area contributed by atoms with Crippen LogP contribution in [0.3, 0.4) is 0 Å². The summed E-state index contributed by atoms with van der Waals surface area (Å²) in [7, 11) is 0. The van der Waals surface area contributed by atoms with E-state index >= 15 is 0 Å². The second kappa shape index (κ2) is 9.39. The van der Waals surface area contributed by atoms with Crippen LogP contribution in [0, 0.1) is 0 Å². The third-order valence-corrected chi connectivity index (χ3v) is 5.07. The highest BCUT2D eigenvalue weighted by molar-refractivity contribution is 8.00. The maximum Gasteiger partial charge on any atom is 0.236 e. The van der Waals surface area contributed by atoms with Crippen LogP contribution in [0.1, 0.15) is 13.8 Å². The largest absolute Gasteiger partial charge is 0.343 e. The topological polar surface area (TPSA) is 75.2 Å². The van der Waals surface area contributed by atoms with Crippen LogP contribution in [0.2, 0.25) is 0 Å². The van der Waals surface area contributed by atoms with Crippen LogP contribution >= 0.6 is 23.1 Å². The summed E-state index contributed by atoms with van der Waals surface area (Å²) in [6.45, 7) is 5.27. The Hall–Kier alpha value is -1.93. The Bertz CT molecular complexity index is 672. The Morgan fingerprint density at radius 1 is 1.12 bits per heavy atom. The number of nitrogens with one attached hydrogen (secondary N) is 1. The number of benzene rings is 1. The first-order valence-electron chi connectivity index (χ1n) is 7.68. The summed E-state index contributed by atoms with van der Waals surface area (Å²) >= 11 is 2.63. The summed E-state index contributed by atoms with van der Waals surface area (Å²) in [6, 6.07) is 9.68. The number of anilines is 1. The summed E-state index contributed by atoms with van der Waals surface area (Å²) in [4.78, 5) is 25.5. The lowest BCUT2D eigenvalue weighted by atomic mass is 10.2. The number of hydrogen-bond acceptors (Lipinski definition) is 6. The lowest BCUT2D eigenvalue weighted by Crippen LogP contribution is -2.32. The minimum Gasteiger partial charge on any atom is -0.343 e. The number of thioether (sulfide) groups is 1. The molecule has 128 valence electrons. The molecule has 0 radical (unpaired) electrons. The molecular formula is C16H20N4O2S2. The van der Waals surface area contributed by atoms with Gasteiger partial charge in [-0.15, -0.1) is 22.0 Å². The second-order valence-electron chi connectivity index (χ2n) is 4.89. The number of amides is 2. The van der Waals surface area contributed by atoms with Crippen molar-refractivity contribution in [1.82, 2.24) is 15.1 Å². The van der Waals surface area contributed by atoms with Crippen LogP contribution in [-0.4, -0.2) is 51.5 Å². The highest BCUT2D eigenvalue weighted by Crippen LogP contribution is 2.25. The van der Waals surface area contributed by atoms with E-state index in [1.54, 1.807) is 4.90 Å². The minimum atomic E-state index is -0.178. The fourth-order valence-electron chi connectivity index (χ4n) is 2.03. The van der Waals surface area contributed by atoms with Crippen molar-refractivity contribution >= 4 is 40.0 Å². The molecule has 6 nitrogen and oxygen atoms in total. The third kappa shape index (κ3) is 5.31. The van der Waals surface area contributed by atoms with Crippen molar-refractivity contribution in [3.63, 3.8) is 0 Å². The van der Waals surface area contributed by atoms with Gasteiger partial charge in [-0.25, -0.2) is 0 Å². The highest BCUT2D eigenvalue weighted by atomic mass is 32.2. The van der Waals surface area contributed by atoms with Gasteiger partial charge in [-0.2, -0.15) is 0 Å². The first-order valence-corrected chi connectivity index (χ1v) is 9.65. The van der Waals surface area contributed by atoms with Crippen LogP contribution in [0.25, 0.3) is 10.6 Å². The van der Waals surface area contributed by atoms with Crippen molar-refractivity contribution < 1.29 is 9.59 Å². The maximum absolute atomic E-state index is 11.9. The van der Waals surface area contributed by atoms with Gasteiger partial charge in [0.25, 0.3) is 0 Å². The van der Waals surface area contributed by atoms with Gasteiger partial charge in [0, 0.05) is 18.7 Å². The summed E-state index contributed by atoms with van der Waals surface area (Å²) in [5.74, 6) is 0.400. The molecule has 0 aliphatic heterocycles. The number of hydrogen-bond donors (Lipinski definition) is 1. The lowest BCUT2D eigenvalue weighted by molar-refractivity contribution is -0.127. The fourth-order valence-corrected chi connectivity index (χ4v) is 3.51. The fraction of sp³-hybridized carbons (Fsp3) is 0.375. The number of carbonyl (C=O) groups is 2. The summed E-state index contributed by atoms with van der Waals surface area (Å²) in [6.07, 6.45) is 0. The van der Waals surface area contributed by atoms with E-state index in [-0.39, 0.29) is 17.6 Å². The normalized spacial score (nSPS) is 10.4. The highest BCUT2D eigenvalue weighted by Gasteiger charge is 2.12. The minimum absolute atomic E-state index is 0.0556. The number of nitrogens with zero attached hydrogens (tertiary/aromatic N) is 3. The Kier molecular flexibility index (Phi) is 7.20. The third-order valence-electron chi connectivity index (χ3n) is 3.27. The van der Waals surface area contributed by atoms with Crippen molar-refractivity contribution in [1.29, 1.82) is 0 Å². The SMILES string of the molecule is CCN(CC)C(=O)CSCC(=O)Nc1nnc(-c2ccccc2)s1. The summed E-state index contributed by atoms with van der Waals surface area (Å²) in [5.41, 5.74) is 0.967. The Labute approximate surface area is 149 Å². The van der Waals surface area contributed by atoms with Crippen LogP contribution in [0.4, 0.5) is 5.13 Å². The van der Waals surface area contributed by atoms with E-state index in [0.29, 0.717) is 24.0 Å². The van der Waals surface area contributed by atoms with Crippen LogP contribution in [0.5, 0.6) is 0 Å².